The van der Waals surface area contributed by atoms with E-state index in [1.807, 2.05) is 0 Å². The molecular weight excluding hydrogens is 236 g/mol. The van der Waals surface area contributed by atoms with Gasteiger partial charge in [0.25, 0.3) is 0 Å². The van der Waals surface area contributed by atoms with Gasteiger partial charge in [0.1, 0.15) is 11.8 Å². The third kappa shape index (κ3) is 2.55. The monoisotopic (exact) mass is 260 g/mol. The second-order valence-corrected chi connectivity index (χ2v) is 5.97. The lowest BCUT2D eigenvalue weighted by Gasteiger charge is -2.51. The molecule has 1 N–H and O–H groups in total. The topological polar surface area (TPSA) is 24.5 Å². The van der Waals surface area contributed by atoms with Gasteiger partial charge in [0, 0.05) is 7.05 Å². The zero-order valence-corrected chi connectivity index (χ0v) is 11.9. The number of ether oxygens (including phenoxy) is 1. The molecule has 1 aliphatic carbocycles. The first kappa shape index (κ1) is 13.1. The molecule has 1 saturated carbocycles. The Morgan fingerprint density at radius 2 is 1.84 bits per heavy atom. The van der Waals surface area contributed by atoms with E-state index in [0.717, 1.165) is 12.8 Å². The maximum Gasteiger partial charge on any atom is 0.132 e. The Kier molecular flexibility index (Phi) is 3.61. The van der Waals surface area contributed by atoms with E-state index < -0.39 is 0 Å². The normalized spacial score (nSPS) is 31.5. The molecular formula is C16H24N2O. The average Bonchev–Trinajstić information content (AvgIpc) is 2.45. The number of hydrazine groups is 1. The second kappa shape index (κ2) is 5.23. The highest BCUT2D eigenvalue weighted by Crippen LogP contribution is 2.39. The number of nitrogens with zero attached hydrogens (tertiary/aromatic N) is 1. The molecule has 104 valence electrons. The van der Waals surface area contributed by atoms with E-state index in [1.165, 1.54) is 24.8 Å². The lowest BCUT2D eigenvalue weighted by molar-refractivity contribution is -0.232. The summed E-state index contributed by atoms with van der Waals surface area (Å²) in [6, 6.07) is 11.0. The van der Waals surface area contributed by atoms with Crippen molar-refractivity contribution in [3.05, 3.63) is 35.9 Å². The predicted molar refractivity (Wildman–Crippen MR) is 76.4 cm³/mol. The van der Waals surface area contributed by atoms with Gasteiger partial charge in [-0.1, -0.05) is 36.8 Å². The van der Waals surface area contributed by atoms with Gasteiger partial charge in [0.05, 0.1) is 6.04 Å². The summed E-state index contributed by atoms with van der Waals surface area (Å²) in [6.07, 6.45) is 6.25. The summed E-state index contributed by atoms with van der Waals surface area (Å²) in [4.78, 5) is 0. The van der Waals surface area contributed by atoms with E-state index in [0.29, 0.717) is 6.04 Å². The molecule has 0 radical (unpaired) electrons. The quantitative estimate of drug-likeness (QED) is 0.839. The SMILES string of the molecule is C[C@@H]1[C@H](c2ccccc2)OC2(CCCCC2)NN1C. The fraction of sp³-hybridized carbons (Fsp3) is 0.625. The van der Waals surface area contributed by atoms with Crippen molar-refractivity contribution in [3.63, 3.8) is 0 Å². The minimum atomic E-state index is -0.139. The molecule has 0 amide bonds. The number of rotatable bonds is 1. The molecule has 0 aromatic heterocycles. The van der Waals surface area contributed by atoms with Crippen LogP contribution in [0.1, 0.15) is 50.7 Å². The van der Waals surface area contributed by atoms with Crippen LogP contribution in [0.3, 0.4) is 0 Å². The van der Waals surface area contributed by atoms with Crippen LogP contribution in [0.15, 0.2) is 30.3 Å². The summed E-state index contributed by atoms with van der Waals surface area (Å²) in [7, 11) is 2.14. The number of likely N-dealkylation sites (N-methyl/N-ethyl adjacent to an activating group) is 1. The van der Waals surface area contributed by atoms with Crippen molar-refractivity contribution in [2.75, 3.05) is 7.05 Å². The summed E-state index contributed by atoms with van der Waals surface area (Å²) in [5.41, 5.74) is 4.74. The lowest BCUT2D eigenvalue weighted by Crippen LogP contribution is -2.64. The Bertz CT molecular complexity index is 414. The molecule has 1 aromatic carbocycles. The van der Waals surface area contributed by atoms with E-state index in [1.54, 1.807) is 0 Å². The van der Waals surface area contributed by atoms with Crippen LogP contribution in [-0.2, 0) is 4.74 Å². The Morgan fingerprint density at radius 1 is 1.16 bits per heavy atom. The predicted octanol–water partition coefficient (Wildman–Crippen LogP) is 3.24. The van der Waals surface area contributed by atoms with Crippen molar-refractivity contribution in [3.8, 4) is 0 Å². The summed E-state index contributed by atoms with van der Waals surface area (Å²) < 4.78 is 6.53. The molecule has 2 fully saturated rings. The molecule has 3 nitrogen and oxygen atoms in total. The first-order valence-corrected chi connectivity index (χ1v) is 7.44. The van der Waals surface area contributed by atoms with Gasteiger partial charge in [0.15, 0.2) is 0 Å². The molecule has 1 saturated heterocycles. The largest absolute Gasteiger partial charge is 0.350 e. The molecule has 2 atom stereocenters. The maximum absolute atomic E-state index is 6.53. The zero-order valence-electron chi connectivity index (χ0n) is 11.9. The third-order valence-electron chi connectivity index (χ3n) is 4.57. The average molecular weight is 260 g/mol. The van der Waals surface area contributed by atoms with Crippen molar-refractivity contribution >= 4 is 0 Å². The van der Waals surface area contributed by atoms with Crippen molar-refractivity contribution in [1.29, 1.82) is 0 Å². The van der Waals surface area contributed by atoms with Crippen LogP contribution in [0.2, 0.25) is 0 Å². The maximum atomic E-state index is 6.53. The van der Waals surface area contributed by atoms with Crippen LogP contribution < -0.4 is 5.43 Å². The zero-order chi connectivity index (χ0) is 13.3. The Morgan fingerprint density at radius 3 is 2.53 bits per heavy atom. The lowest BCUT2D eigenvalue weighted by atomic mass is 9.90. The number of nitrogens with one attached hydrogen (secondary N) is 1. The highest BCUT2D eigenvalue weighted by molar-refractivity contribution is 5.20. The molecule has 3 heteroatoms. The standard InChI is InChI=1S/C16H24N2O/c1-13-15(14-9-5-3-6-10-14)19-16(17-18(13)2)11-7-4-8-12-16/h3,5-6,9-10,13,15,17H,4,7-8,11-12H2,1-2H3/t13-,15-/m1/s1. The van der Waals surface area contributed by atoms with E-state index in [-0.39, 0.29) is 11.8 Å². The third-order valence-corrected chi connectivity index (χ3v) is 4.57. The Hall–Kier alpha value is -0.900. The van der Waals surface area contributed by atoms with Crippen LogP contribution in [0, 0.1) is 0 Å². The molecule has 1 heterocycles. The Labute approximate surface area is 115 Å². The highest BCUT2D eigenvalue weighted by atomic mass is 16.5. The van der Waals surface area contributed by atoms with Crippen LogP contribution in [0.4, 0.5) is 0 Å². The fourth-order valence-corrected chi connectivity index (χ4v) is 3.34. The van der Waals surface area contributed by atoms with Gasteiger partial charge in [-0.2, -0.15) is 0 Å². The van der Waals surface area contributed by atoms with E-state index in [2.05, 4.69) is 54.7 Å². The molecule has 2 aliphatic rings. The molecule has 1 aromatic rings. The summed E-state index contributed by atoms with van der Waals surface area (Å²) >= 11 is 0. The highest BCUT2D eigenvalue weighted by Gasteiger charge is 2.43. The van der Waals surface area contributed by atoms with Gasteiger partial charge in [-0.3, -0.25) is 0 Å². The van der Waals surface area contributed by atoms with Gasteiger partial charge in [0.2, 0.25) is 0 Å². The van der Waals surface area contributed by atoms with Crippen molar-refractivity contribution in [2.45, 2.75) is 56.9 Å². The molecule has 3 rings (SSSR count). The van der Waals surface area contributed by atoms with E-state index in [9.17, 15) is 0 Å². The smallest absolute Gasteiger partial charge is 0.132 e. The summed E-state index contributed by atoms with van der Waals surface area (Å²) in [5, 5.41) is 2.24. The second-order valence-electron chi connectivity index (χ2n) is 5.97. The first-order valence-electron chi connectivity index (χ1n) is 7.44. The van der Waals surface area contributed by atoms with Crippen LogP contribution >= 0.6 is 0 Å². The molecule has 0 bridgehead atoms. The van der Waals surface area contributed by atoms with Crippen LogP contribution in [-0.4, -0.2) is 23.8 Å². The molecule has 0 unspecified atom stereocenters. The van der Waals surface area contributed by atoms with Crippen molar-refractivity contribution in [1.82, 2.24) is 10.4 Å². The van der Waals surface area contributed by atoms with Gasteiger partial charge in [-0.25, -0.2) is 10.4 Å². The van der Waals surface area contributed by atoms with Gasteiger partial charge < -0.3 is 4.74 Å². The van der Waals surface area contributed by atoms with Gasteiger partial charge in [-0.15, -0.1) is 0 Å². The number of hydrogen-bond donors (Lipinski definition) is 1. The summed E-state index contributed by atoms with van der Waals surface area (Å²) in [6.45, 7) is 2.22. The molecule has 19 heavy (non-hydrogen) atoms. The Balaban J connectivity index is 1.86. The fourth-order valence-electron chi connectivity index (χ4n) is 3.34. The van der Waals surface area contributed by atoms with E-state index in [4.69, 9.17) is 4.74 Å². The van der Waals surface area contributed by atoms with Crippen LogP contribution in [0.25, 0.3) is 0 Å². The molecule has 1 aliphatic heterocycles. The van der Waals surface area contributed by atoms with Gasteiger partial charge in [-0.05, 0) is 38.2 Å². The van der Waals surface area contributed by atoms with Gasteiger partial charge >= 0.3 is 0 Å². The minimum Gasteiger partial charge on any atom is -0.350 e. The number of benzene rings is 1. The summed E-state index contributed by atoms with van der Waals surface area (Å²) in [5.74, 6) is 0. The van der Waals surface area contributed by atoms with Crippen LogP contribution in [0.5, 0.6) is 0 Å². The van der Waals surface area contributed by atoms with Crippen molar-refractivity contribution in [2.24, 2.45) is 0 Å². The van der Waals surface area contributed by atoms with E-state index >= 15 is 0 Å². The van der Waals surface area contributed by atoms with Crippen molar-refractivity contribution < 1.29 is 4.74 Å². The minimum absolute atomic E-state index is 0.139. The number of hydrogen-bond acceptors (Lipinski definition) is 3. The first-order chi connectivity index (χ1) is 9.20. The molecule has 1 spiro atoms.